The fraction of sp³-hybridized carbons (Fsp3) is 0.167. The highest BCUT2D eigenvalue weighted by molar-refractivity contribution is 6.36. The number of carbonyl (C=O) groups excluding carboxylic acids is 1. The standard InChI is InChI=1S/C24H20ClFN6O/c1-13-4-5-27-9-17(13)16-6-15-7-20(28-10-18(15)23(25)24(16)26)29-21-8-19-14(2)11-31(3)22(33)12-32(19)30-21/h4-10H,2,11-12H2,1,3H3,(H,28,29,30). The lowest BCUT2D eigenvalue weighted by molar-refractivity contribution is -0.129. The van der Waals surface area contributed by atoms with E-state index in [2.05, 4.69) is 27.0 Å². The van der Waals surface area contributed by atoms with E-state index in [0.29, 0.717) is 34.7 Å². The van der Waals surface area contributed by atoms with Crippen molar-refractivity contribution < 1.29 is 9.18 Å². The third kappa shape index (κ3) is 3.72. The maximum absolute atomic E-state index is 15.0. The van der Waals surface area contributed by atoms with Crippen molar-refractivity contribution in [3.8, 4) is 11.1 Å². The fourth-order valence-electron chi connectivity index (χ4n) is 3.96. The second-order valence-electron chi connectivity index (χ2n) is 8.08. The molecule has 0 saturated carbocycles. The number of nitrogens with zero attached hydrogens (tertiary/aromatic N) is 5. The Morgan fingerprint density at radius 2 is 1.97 bits per heavy atom. The van der Waals surface area contributed by atoms with Gasteiger partial charge >= 0.3 is 0 Å². The van der Waals surface area contributed by atoms with Gasteiger partial charge in [0.05, 0.1) is 10.7 Å². The maximum Gasteiger partial charge on any atom is 0.244 e. The number of benzene rings is 1. The van der Waals surface area contributed by atoms with Crippen molar-refractivity contribution in [3.63, 3.8) is 0 Å². The predicted molar refractivity (Wildman–Crippen MR) is 127 cm³/mol. The van der Waals surface area contributed by atoms with E-state index >= 15 is 4.39 Å². The highest BCUT2D eigenvalue weighted by Gasteiger charge is 2.22. The summed E-state index contributed by atoms with van der Waals surface area (Å²) in [4.78, 5) is 22.3. The number of aromatic nitrogens is 4. The number of likely N-dealkylation sites (N-methyl/N-ethyl adjacent to an activating group) is 1. The first kappa shape index (κ1) is 21.1. The summed E-state index contributed by atoms with van der Waals surface area (Å²) in [6, 6.07) is 7.19. The summed E-state index contributed by atoms with van der Waals surface area (Å²) in [7, 11) is 1.74. The van der Waals surface area contributed by atoms with E-state index in [9.17, 15) is 4.79 Å². The van der Waals surface area contributed by atoms with E-state index in [4.69, 9.17) is 11.6 Å². The molecule has 33 heavy (non-hydrogen) atoms. The Hall–Kier alpha value is -3.78. The number of halogens is 2. The normalized spacial score (nSPS) is 13.9. The molecule has 1 amide bonds. The number of hydrogen-bond donors (Lipinski definition) is 1. The number of fused-ring (bicyclic) bond motifs is 2. The number of rotatable bonds is 3. The second kappa shape index (κ2) is 7.97. The van der Waals surface area contributed by atoms with E-state index < -0.39 is 5.82 Å². The van der Waals surface area contributed by atoms with Crippen LogP contribution < -0.4 is 5.32 Å². The van der Waals surface area contributed by atoms with Crippen molar-refractivity contribution >= 4 is 45.5 Å². The van der Waals surface area contributed by atoms with Crippen LogP contribution in [0.1, 0.15) is 11.3 Å². The quantitative estimate of drug-likeness (QED) is 0.472. The van der Waals surface area contributed by atoms with Gasteiger partial charge in [-0.25, -0.2) is 9.37 Å². The van der Waals surface area contributed by atoms with Gasteiger partial charge in [-0.2, -0.15) is 5.10 Å². The highest BCUT2D eigenvalue weighted by Crippen LogP contribution is 2.36. The molecule has 4 aromatic rings. The molecule has 0 radical (unpaired) electrons. The average molecular weight is 463 g/mol. The molecule has 3 aromatic heterocycles. The lowest BCUT2D eigenvalue weighted by Gasteiger charge is -2.13. The van der Waals surface area contributed by atoms with Crippen molar-refractivity contribution in [2.75, 3.05) is 18.9 Å². The molecule has 0 fully saturated rings. The molecule has 1 aliphatic rings. The minimum atomic E-state index is -0.506. The van der Waals surface area contributed by atoms with Gasteiger partial charge in [-0.05, 0) is 41.6 Å². The molecule has 7 nitrogen and oxygen atoms in total. The smallest absolute Gasteiger partial charge is 0.244 e. The average Bonchev–Trinajstić information content (AvgIpc) is 3.14. The Kier molecular flexibility index (Phi) is 5.09. The Morgan fingerprint density at radius 3 is 2.76 bits per heavy atom. The van der Waals surface area contributed by atoms with Crippen LogP contribution in [0.4, 0.5) is 16.0 Å². The Labute approximate surface area is 194 Å². The summed E-state index contributed by atoms with van der Waals surface area (Å²) in [5, 5.41) is 8.90. The third-order valence-electron chi connectivity index (χ3n) is 5.77. The summed E-state index contributed by atoms with van der Waals surface area (Å²) in [6.07, 6.45) is 4.82. The third-order valence-corrected chi connectivity index (χ3v) is 6.14. The molecular formula is C24H20ClFN6O. The number of anilines is 2. The molecule has 0 saturated heterocycles. The maximum atomic E-state index is 15.0. The molecule has 0 unspecified atom stereocenters. The van der Waals surface area contributed by atoms with Crippen molar-refractivity contribution in [1.82, 2.24) is 24.6 Å². The molecule has 0 spiro atoms. The number of nitrogens with one attached hydrogen (secondary N) is 1. The summed E-state index contributed by atoms with van der Waals surface area (Å²) < 4.78 is 16.7. The van der Waals surface area contributed by atoms with Gasteiger partial charge < -0.3 is 10.2 Å². The number of pyridine rings is 2. The first-order valence-corrected chi connectivity index (χ1v) is 10.7. The molecule has 0 bridgehead atoms. The molecule has 1 aromatic carbocycles. The van der Waals surface area contributed by atoms with Gasteiger partial charge in [-0.15, -0.1) is 0 Å². The van der Waals surface area contributed by atoms with Crippen LogP contribution >= 0.6 is 11.6 Å². The molecule has 5 rings (SSSR count). The zero-order valence-electron chi connectivity index (χ0n) is 18.1. The van der Waals surface area contributed by atoms with E-state index in [1.807, 2.05) is 19.1 Å². The number of amides is 1. The van der Waals surface area contributed by atoms with Crippen LogP contribution in [-0.4, -0.2) is 44.1 Å². The van der Waals surface area contributed by atoms with Crippen molar-refractivity contribution in [2.45, 2.75) is 13.5 Å². The van der Waals surface area contributed by atoms with E-state index in [1.165, 1.54) is 6.20 Å². The molecule has 4 heterocycles. The van der Waals surface area contributed by atoms with Gasteiger partial charge in [0.25, 0.3) is 0 Å². The van der Waals surface area contributed by atoms with E-state index in [-0.39, 0.29) is 17.5 Å². The molecule has 166 valence electrons. The largest absolute Gasteiger partial charge is 0.340 e. The molecule has 0 atom stereocenters. The number of aryl methyl sites for hydroxylation is 1. The monoisotopic (exact) mass is 462 g/mol. The van der Waals surface area contributed by atoms with E-state index in [1.54, 1.807) is 41.2 Å². The van der Waals surface area contributed by atoms with E-state index in [0.717, 1.165) is 22.2 Å². The molecular weight excluding hydrogens is 443 g/mol. The topological polar surface area (TPSA) is 75.9 Å². The van der Waals surface area contributed by atoms with Crippen molar-refractivity contribution in [2.24, 2.45) is 0 Å². The summed E-state index contributed by atoms with van der Waals surface area (Å²) >= 11 is 6.35. The summed E-state index contributed by atoms with van der Waals surface area (Å²) in [5.74, 6) is 0.505. The van der Waals surface area contributed by atoms with Crippen LogP contribution in [0, 0.1) is 12.7 Å². The molecule has 0 aliphatic carbocycles. The second-order valence-corrected chi connectivity index (χ2v) is 8.46. The van der Waals surface area contributed by atoms with Crippen molar-refractivity contribution in [1.29, 1.82) is 0 Å². The Morgan fingerprint density at radius 1 is 1.15 bits per heavy atom. The van der Waals surface area contributed by atoms with Crippen LogP contribution in [0.25, 0.3) is 27.5 Å². The minimum Gasteiger partial charge on any atom is -0.340 e. The van der Waals surface area contributed by atoms with Crippen LogP contribution in [0.2, 0.25) is 5.02 Å². The van der Waals surface area contributed by atoms with Crippen LogP contribution in [0.15, 0.2) is 49.4 Å². The van der Waals surface area contributed by atoms with Crippen LogP contribution in [-0.2, 0) is 11.3 Å². The fourth-order valence-corrected chi connectivity index (χ4v) is 4.22. The van der Waals surface area contributed by atoms with Gasteiger partial charge in [0.2, 0.25) is 5.91 Å². The van der Waals surface area contributed by atoms with Gasteiger partial charge in [-0.3, -0.25) is 14.5 Å². The lowest BCUT2D eigenvalue weighted by Crippen LogP contribution is -2.28. The molecule has 1 aliphatic heterocycles. The first-order valence-electron chi connectivity index (χ1n) is 10.3. The number of hydrogen-bond acceptors (Lipinski definition) is 5. The molecule has 9 heteroatoms. The highest BCUT2D eigenvalue weighted by atomic mass is 35.5. The zero-order valence-corrected chi connectivity index (χ0v) is 18.8. The van der Waals surface area contributed by atoms with Gasteiger partial charge in [-0.1, -0.05) is 18.2 Å². The summed E-state index contributed by atoms with van der Waals surface area (Å²) in [5.41, 5.74) is 3.54. The predicted octanol–water partition coefficient (Wildman–Crippen LogP) is 4.82. The lowest BCUT2D eigenvalue weighted by atomic mass is 9.99. The number of carbonyl (C=O) groups is 1. The van der Waals surface area contributed by atoms with Gasteiger partial charge in [0.15, 0.2) is 5.82 Å². The SMILES string of the molecule is C=C1CN(C)C(=O)Cn2nc(Nc3cc4cc(-c5cnccc5C)c(F)c(Cl)c4cn3)cc21. The van der Waals surface area contributed by atoms with Gasteiger partial charge in [0, 0.05) is 54.8 Å². The van der Waals surface area contributed by atoms with Gasteiger partial charge in [0.1, 0.15) is 18.2 Å². The zero-order chi connectivity index (χ0) is 23.3. The molecule has 1 N–H and O–H groups in total. The first-order chi connectivity index (χ1) is 15.8. The Balaban J connectivity index is 1.53. The minimum absolute atomic E-state index is 0.0115. The van der Waals surface area contributed by atoms with Crippen LogP contribution in [0.5, 0.6) is 0 Å². The summed E-state index contributed by atoms with van der Waals surface area (Å²) in [6.45, 7) is 6.55. The van der Waals surface area contributed by atoms with Crippen LogP contribution in [0.3, 0.4) is 0 Å². The van der Waals surface area contributed by atoms with Crippen molar-refractivity contribution in [3.05, 3.63) is 71.5 Å². The Bertz CT molecular complexity index is 1450.